The zero-order valence-corrected chi connectivity index (χ0v) is 19.7. The maximum atomic E-state index is 12.7. The van der Waals surface area contributed by atoms with Crippen molar-refractivity contribution in [2.24, 2.45) is 17.3 Å². The molecule has 0 amide bonds. The van der Waals surface area contributed by atoms with Crippen molar-refractivity contribution in [2.75, 3.05) is 6.61 Å². The average molecular weight is 419 g/mol. The first kappa shape index (κ1) is 22.0. The lowest BCUT2D eigenvalue weighted by Gasteiger charge is -2.38. The molecule has 6 heteroatoms. The van der Waals surface area contributed by atoms with Gasteiger partial charge in [-0.05, 0) is 48.0 Å². The van der Waals surface area contributed by atoms with Crippen LogP contribution in [0.15, 0.2) is 30.3 Å². The monoisotopic (exact) mass is 418 g/mol. The molecule has 0 unspecified atom stereocenters. The van der Waals surface area contributed by atoms with Crippen LogP contribution < -0.4 is 0 Å². The van der Waals surface area contributed by atoms with Gasteiger partial charge < -0.3 is 13.9 Å². The van der Waals surface area contributed by atoms with Crippen LogP contribution in [0.5, 0.6) is 0 Å². The fourth-order valence-corrected chi connectivity index (χ4v) is 4.92. The Balaban J connectivity index is 1.78. The topological polar surface area (TPSA) is 61.8 Å². The van der Waals surface area contributed by atoms with E-state index in [4.69, 9.17) is 13.9 Å². The number of esters is 2. The molecule has 1 saturated carbocycles. The van der Waals surface area contributed by atoms with E-state index in [0.29, 0.717) is 12.0 Å². The number of carbonyl (C=O) groups excluding carboxylic acids is 2. The molecule has 3 rings (SSSR count). The standard InChI is InChI=1S/C23H34O5Si/c1-22(2,3)29(6,7)26-14-18-17(27-20(24)15-11-9-8-10-12-15)13-16-19(21(25)28-18)23(16,4)5/h8-12,16-19H,13-14H2,1-7H3/t16-,17+,18+,19-/m0/s1. The van der Waals surface area contributed by atoms with Crippen LogP contribution in [0.25, 0.3) is 0 Å². The Morgan fingerprint density at radius 1 is 1.21 bits per heavy atom. The lowest BCUT2D eigenvalue weighted by molar-refractivity contribution is -0.158. The van der Waals surface area contributed by atoms with Gasteiger partial charge in [0.2, 0.25) is 0 Å². The zero-order chi connectivity index (χ0) is 21.6. The van der Waals surface area contributed by atoms with E-state index in [1.54, 1.807) is 12.1 Å². The van der Waals surface area contributed by atoms with Gasteiger partial charge >= 0.3 is 11.9 Å². The summed E-state index contributed by atoms with van der Waals surface area (Å²) in [4.78, 5) is 25.4. The summed E-state index contributed by atoms with van der Waals surface area (Å²) >= 11 is 0. The molecule has 0 radical (unpaired) electrons. The molecule has 1 heterocycles. The van der Waals surface area contributed by atoms with E-state index in [9.17, 15) is 9.59 Å². The van der Waals surface area contributed by atoms with E-state index < -0.39 is 20.5 Å². The molecule has 0 spiro atoms. The number of ether oxygens (including phenoxy) is 2. The Hall–Kier alpha value is -1.66. The predicted octanol–water partition coefficient (Wildman–Crippen LogP) is 4.82. The largest absolute Gasteiger partial charge is 0.456 e. The van der Waals surface area contributed by atoms with Gasteiger partial charge in [-0.1, -0.05) is 52.8 Å². The van der Waals surface area contributed by atoms with E-state index in [1.165, 1.54) is 0 Å². The number of hydrogen-bond acceptors (Lipinski definition) is 5. The summed E-state index contributed by atoms with van der Waals surface area (Å²) in [5.74, 6) is -0.539. The van der Waals surface area contributed by atoms with Gasteiger partial charge in [0.1, 0.15) is 6.10 Å². The van der Waals surface area contributed by atoms with Crippen molar-refractivity contribution >= 4 is 20.3 Å². The molecule has 0 N–H and O–H groups in total. The molecule has 0 bridgehead atoms. The Bertz CT molecular complexity index is 765. The molecule has 1 aromatic rings. The van der Waals surface area contributed by atoms with Gasteiger partial charge in [0.25, 0.3) is 0 Å². The third kappa shape index (κ3) is 4.43. The molecule has 5 nitrogen and oxygen atoms in total. The maximum absolute atomic E-state index is 12.7. The Morgan fingerprint density at radius 3 is 2.41 bits per heavy atom. The highest BCUT2D eigenvalue weighted by Crippen LogP contribution is 2.62. The van der Waals surface area contributed by atoms with Gasteiger partial charge in [-0.25, -0.2) is 4.79 Å². The Labute approximate surface area is 175 Å². The normalized spacial score (nSPS) is 28.7. The molecule has 1 aromatic carbocycles. The molecule has 160 valence electrons. The number of benzene rings is 1. The molecule has 1 aliphatic carbocycles. The van der Waals surface area contributed by atoms with Crippen molar-refractivity contribution in [3.63, 3.8) is 0 Å². The highest BCUT2D eigenvalue weighted by atomic mass is 28.4. The molecule has 2 aliphatic rings. The van der Waals surface area contributed by atoms with Crippen LogP contribution in [-0.2, 0) is 18.7 Å². The van der Waals surface area contributed by atoms with Crippen LogP contribution in [0.3, 0.4) is 0 Å². The first-order chi connectivity index (χ1) is 13.3. The second kappa shape index (κ2) is 7.55. The Morgan fingerprint density at radius 2 is 1.83 bits per heavy atom. The van der Waals surface area contributed by atoms with Gasteiger partial charge in [-0.15, -0.1) is 0 Å². The van der Waals surface area contributed by atoms with E-state index in [1.807, 2.05) is 18.2 Å². The van der Waals surface area contributed by atoms with E-state index in [-0.39, 0.29) is 40.8 Å². The third-order valence-corrected chi connectivity index (χ3v) is 11.7. The van der Waals surface area contributed by atoms with Crippen LogP contribution in [0.4, 0.5) is 0 Å². The summed E-state index contributed by atoms with van der Waals surface area (Å²) in [6, 6.07) is 8.94. The molecule has 4 atom stereocenters. The number of rotatable bonds is 5. The summed E-state index contributed by atoms with van der Waals surface area (Å²) in [6.07, 6.45) is -0.464. The first-order valence-corrected chi connectivity index (χ1v) is 13.4. The Kier molecular flexibility index (Phi) is 5.73. The fraction of sp³-hybridized carbons (Fsp3) is 0.652. The summed E-state index contributed by atoms with van der Waals surface area (Å²) in [5.41, 5.74) is 0.387. The van der Waals surface area contributed by atoms with Crippen molar-refractivity contribution in [1.82, 2.24) is 0 Å². The van der Waals surface area contributed by atoms with Crippen LogP contribution in [0, 0.1) is 17.3 Å². The number of cyclic esters (lactones) is 1. The van der Waals surface area contributed by atoms with Crippen molar-refractivity contribution in [1.29, 1.82) is 0 Å². The van der Waals surface area contributed by atoms with Crippen LogP contribution in [0.1, 0.15) is 51.4 Å². The minimum Gasteiger partial charge on any atom is -0.456 e. The van der Waals surface area contributed by atoms with Gasteiger partial charge in [-0.3, -0.25) is 4.79 Å². The lowest BCUT2D eigenvalue weighted by atomic mass is 10.0. The van der Waals surface area contributed by atoms with E-state index in [0.717, 1.165) is 0 Å². The maximum Gasteiger partial charge on any atom is 0.338 e. The minimum atomic E-state index is -2.03. The molecular weight excluding hydrogens is 384 g/mol. The van der Waals surface area contributed by atoms with Gasteiger partial charge in [0, 0.05) is 0 Å². The number of hydrogen-bond donors (Lipinski definition) is 0. The summed E-state index contributed by atoms with van der Waals surface area (Å²) in [7, 11) is -2.03. The van der Waals surface area contributed by atoms with Crippen molar-refractivity contribution in [2.45, 2.75) is 71.4 Å². The fourth-order valence-electron chi connectivity index (χ4n) is 3.90. The second-order valence-electron chi connectivity index (χ2n) is 10.5. The first-order valence-electron chi connectivity index (χ1n) is 10.4. The van der Waals surface area contributed by atoms with Gasteiger partial charge in [0.15, 0.2) is 14.4 Å². The van der Waals surface area contributed by atoms with Gasteiger partial charge in [0.05, 0.1) is 18.1 Å². The number of fused-ring (bicyclic) bond motifs is 1. The molecule has 2 fully saturated rings. The molecular formula is C23H34O5Si. The summed E-state index contributed by atoms with van der Waals surface area (Å²) in [6.45, 7) is 15.2. The average Bonchev–Trinajstić information content (AvgIpc) is 3.21. The van der Waals surface area contributed by atoms with Crippen LogP contribution >= 0.6 is 0 Å². The quantitative estimate of drug-likeness (QED) is 0.507. The van der Waals surface area contributed by atoms with Crippen molar-refractivity contribution in [3.8, 4) is 0 Å². The van der Waals surface area contributed by atoms with E-state index >= 15 is 0 Å². The van der Waals surface area contributed by atoms with Crippen molar-refractivity contribution in [3.05, 3.63) is 35.9 Å². The predicted molar refractivity (Wildman–Crippen MR) is 114 cm³/mol. The highest BCUT2D eigenvalue weighted by molar-refractivity contribution is 6.74. The zero-order valence-electron chi connectivity index (χ0n) is 18.7. The number of carbonyl (C=O) groups is 2. The van der Waals surface area contributed by atoms with E-state index in [2.05, 4.69) is 47.7 Å². The van der Waals surface area contributed by atoms with Gasteiger partial charge in [-0.2, -0.15) is 0 Å². The van der Waals surface area contributed by atoms with Crippen LogP contribution in [-0.4, -0.2) is 39.1 Å². The second-order valence-corrected chi connectivity index (χ2v) is 15.3. The summed E-state index contributed by atoms with van der Waals surface area (Å²) < 4.78 is 18.0. The molecule has 0 aromatic heterocycles. The smallest absolute Gasteiger partial charge is 0.338 e. The third-order valence-electron chi connectivity index (χ3n) is 7.16. The van der Waals surface area contributed by atoms with Crippen molar-refractivity contribution < 1.29 is 23.5 Å². The minimum absolute atomic E-state index is 0.0437. The lowest BCUT2D eigenvalue weighted by Crippen LogP contribution is -2.46. The molecule has 1 saturated heterocycles. The molecule has 1 aliphatic heterocycles. The van der Waals surface area contributed by atoms with Crippen LogP contribution in [0.2, 0.25) is 18.1 Å². The molecule has 29 heavy (non-hydrogen) atoms. The highest BCUT2D eigenvalue weighted by Gasteiger charge is 2.65. The SMILES string of the molecule is CC1(C)[C@@H]2C(=O)O[C@H](CO[Si](C)(C)C(C)(C)C)[C@H](OC(=O)c3ccccc3)C[C@@H]21. The summed E-state index contributed by atoms with van der Waals surface area (Å²) in [5, 5.41) is 0.0437.